The molecule has 2 atom stereocenters. The Kier molecular flexibility index (Phi) is 3.98. The molecule has 0 aromatic heterocycles. The van der Waals surface area contributed by atoms with Gasteiger partial charge in [0.2, 0.25) is 10.0 Å². The molecule has 2 fully saturated rings. The highest BCUT2D eigenvalue weighted by Crippen LogP contribution is 2.64. The van der Waals surface area contributed by atoms with Crippen LogP contribution in [-0.2, 0) is 14.8 Å². The molecule has 2 aliphatic rings. The normalized spacial score (nSPS) is 29.0. The summed E-state index contributed by atoms with van der Waals surface area (Å²) in [5.41, 5.74) is -0.848. The van der Waals surface area contributed by atoms with Gasteiger partial charge in [-0.15, -0.1) is 0 Å². The molecule has 2 aliphatic carbocycles. The van der Waals surface area contributed by atoms with Crippen LogP contribution in [0.15, 0.2) is 18.2 Å². The van der Waals surface area contributed by atoms with E-state index < -0.39 is 15.4 Å². The van der Waals surface area contributed by atoms with Gasteiger partial charge in [-0.25, -0.2) is 8.42 Å². The second-order valence-corrected chi connectivity index (χ2v) is 9.72. The summed E-state index contributed by atoms with van der Waals surface area (Å²) in [6.45, 7) is 4.02. The minimum Gasteiger partial charge on any atom is -0.299 e. The number of carbonyl (C=O) groups excluding carboxylic acids is 1. The summed E-state index contributed by atoms with van der Waals surface area (Å²) in [6, 6.07) is 4.60. The highest BCUT2D eigenvalue weighted by molar-refractivity contribution is 7.92. The quantitative estimate of drug-likeness (QED) is 0.860. The van der Waals surface area contributed by atoms with Crippen LogP contribution in [0.1, 0.15) is 33.1 Å². The summed E-state index contributed by atoms with van der Waals surface area (Å²) < 4.78 is 27.8. The van der Waals surface area contributed by atoms with Crippen molar-refractivity contribution in [1.29, 1.82) is 0 Å². The molecule has 0 amide bonds. The van der Waals surface area contributed by atoms with Crippen LogP contribution < -0.4 is 4.72 Å². The van der Waals surface area contributed by atoms with Gasteiger partial charge >= 0.3 is 0 Å². The van der Waals surface area contributed by atoms with Crippen molar-refractivity contribution >= 4 is 44.7 Å². The molecule has 0 radical (unpaired) electrons. The Hall–Kier alpha value is -0.780. The van der Waals surface area contributed by atoms with E-state index in [2.05, 4.69) is 4.72 Å². The second-order valence-electron chi connectivity index (χ2n) is 7.15. The maximum Gasteiger partial charge on any atom is 0.233 e. The summed E-state index contributed by atoms with van der Waals surface area (Å²) >= 11 is 11.9. The van der Waals surface area contributed by atoms with Crippen molar-refractivity contribution in [2.75, 3.05) is 10.5 Å². The number of sulfonamides is 1. The van der Waals surface area contributed by atoms with E-state index in [9.17, 15) is 13.2 Å². The van der Waals surface area contributed by atoms with E-state index >= 15 is 0 Å². The molecule has 1 aromatic rings. The van der Waals surface area contributed by atoms with Crippen LogP contribution in [0.2, 0.25) is 10.0 Å². The second kappa shape index (κ2) is 5.36. The Morgan fingerprint density at radius 2 is 2.00 bits per heavy atom. The van der Waals surface area contributed by atoms with E-state index in [-0.39, 0.29) is 33.6 Å². The predicted molar refractivity (Wildman–Crippen MR) is 92.4 cm³/mol. The van der Waals surface area contributed by atoms with Gasteiger partial charge in [0.1, 0.15) is 5.78 Å². The van der Waals surface area contributed by atoms with Crippen LogP contribution in [-0.4, -0.2) is 20.0 Å². The third-order valence-corrected chi connectivity index (χ3v) is 7.74. The molecule has 0 saturated heterocycles. The van der Waals surface area contributed by atoms with Gasteiger partial charge in [0.05, 0.1) is 21.9 Å². The smallest absolute Gasteiger partial charge is 0.233 e. The lowest BCUT2D eigenvalue weighted by Gasteiger charge is -2.36. The molecule has 0 spiro atoms. The Labute approximate surface area is 146 Å². The number of hydrogen-bond donors (Lipinski definition) is 1. The third kappa shape index (κ3) is 2.67. The Balaban J connectivity index is 1.90. The zero-order chi connectivity index (χ0) is 17.0. The van der Waals surface area contributed by atoms with Crippen LogP contribution in [0.3, 0.4) is 0 Å². The molecular formula is C16H19Cl2NO3S. The molecular weight excluding hydrogens is 357 g/mol. The first-order chi connectivity index (χ1) is 10.6. The molecule has 23 heavy (non-hydrogen) atoms. The van der Waals surface area contributed by atoms with Crippen LogP contribution in [0.25, 0.3) is 0 Å². The first-order valence-electron chi connectivity index (χ1n) is 7.56. The Bertz CT molecular complexity index is 776. The fourth-order valence-corrected chi connectivity index (χ4v) is 6.51. The third-order valence-electron chi connectivity index (χ3n) is 5.77. The van der Waals surface area contributed by atoms with E-state index in [1.807, 2.05) is 13.8 Å². The van der Waals surface area contributed by atoms with Gasteiger partial charge in [0.15, 0.2) is 0 Å². The fraction of sp³-hybridized carbons (Fsp3) is 0.562. The van der Waals surface area contributed by atoms with E-state index in [0.717, 1.165) is 6.42 Å². The summed E-state index contributed by atoms with van der Waals surface area (Å²) in [4.78, 5) is 12.5. The number of ketones is 1. The van der Waals surface area contributed by atoms with Gasteiger partial charge in [0.25, 0.3) is 0 Å². The van der Waals surface area contributed by atoms with Crippen molar-refractivity contribution < 1.29 is 13.2 Å². The lowest BCUT2D eigenvalue weighted by molar-refractivity contribution is -0.128. The van der Waals surface area contributed by atoms with Gasteiger partial charge in [-0.05, 0) is 42.4 Å². The highest BCUT2D eigenvalue weighted by atomic mass is 35.5. The fourth-order valence-electron chi connectivity index (χ4n) is 4.21. The molecule has 1 N–H and O–H groups in total. The SMILES string of the molecule is CC1(C)C2CCC1(CS(=O)(=O)Nc1cc(Cl)ccc1Cl)C(=O)C2. The maximum atomic E-state index is 12.7. The van der Waals surface area contributed by atoms with Crippen molar-refractivity contribution in [2.24, 2.45) is 16.7 Å². The molecule has 2 saturated carbocycles. The van der Waals surface area contributed by atoms with E-state index in [1.165, 1.54) is 12.1 Å². The molecule has 1 aromatic carbocycles. The van der Waals surface area contributed by atoms with E-state index in [0.29, 0.717) is 17.9 Å². The zero-order valence-corrected chi connectivity index (χ0v) is 15.4. The van der Waals surface area contributed by atoms with Gasteiger partial charge in [0, 0.05) is 11.4 Å². The van der Waals surface area contributed by atoms with Gasteiger partial charge < -0.3 is 0 Å². The number of Topliss-reactive ketones (excluding diaryl/α,β-unsaturated/α-hetero) is 1. The van der Waals surface area contributed by atoms with Crippen molar-refractivity contribution in [3.8, 4) is 0 Å². The maximum absolute atomic E-state index is 12.7. The van der Waals surface area contributed by atoms with Crippen LogP contribution in [0.4, 0.5) is 5.69 Å². The molecule has 0 aliphatic heterocycles. The largest absolute Gasteiger partial charge is 0.299 e. The standard InChI is InChI=1S/C16H19Cl2NO3S/c1-15(2)10-5-6-16(15,14(20)7-10)9-23(21,22)19-13-8-11(17)3-4-12(13)18/h3-4,8,10,19H,5-7,9H2,1-2H3. The monoisotopic (exact) mass is 375 g/mol. The predicted octanol–water partition coefficient (Wildman–Crippen LogP) is 4.13. The number of carbonyl (C=O) groups is 1. The van der Waals surface area contributed by atoms with Gasteiger partial charge in [-0.1, -0.05) is 37.0 Å². The summed E-state index contributed by atoms with van der Waals surface area (Å²) in [7, 11) is -3.72. The van der Waals surface area contributed by atoms with Crippen molar-refractivity contribution in [2.45, 2.75) is 33.1 Å². The number of anilines is 1. The lowest BCUT2D eigenvalue weighted by atomic mass is 9.70. The topological polar surface area (TPSA) is 63.2 Å². The molecule has 2 unspecified atom stereocenters. The summed E-state index contributed by atoms with van der Waals surface area (Å²) in [5, 5.41) is 0.667. The first kappa shape index (κ1) is 17.1. The van der Waals surface area contributed by atoms with E-state index in [4.69, 9.17) is 23.2 Å². The number of nitrogens with one attached hydrogen (secondary N) is 1. The number of fused-ring (bicyclic) bond motifs is 2. The first-order valence-corrected chi connectivity index (χ1v) is 9.97. The number of hydrogen-bond acceptors (Lipinski definition) is 3. The average molecular weight is 376 g/mol. The number of rotatable bonds is 4. The molecule has 2 bridgehead atoms. The Morgan fingerprint density at radius 3 is 2.57 bits per heavy atom. The Morgan fingerprint density at radius 1 is 1.30 bits per heavy atom. The van der Waals surface area contributed by atoms with Crippen molar-refractivity contribution in [3.05, 3.63) is 28.2 Å². The van der Waals surface area contributed by atoms with Crippen LogP contribution >= 0.6 is 23.2 Å². The number of halogens is 2. The van der Waals surface area contributed by atoms with Gasteiger partial charge in [-0.2, -0.15) is 0 Å². The molecule has 4 nitrogen and oxygen atoms in total. The summed E-state index contributed by atoms with van der Waals surface area (Å²) in [5.74, 6) is 0.145. The molecule has 3 rings (SSSR count). The highest BCUT2D eigenvalue weighted by Gasteiger charge is 2.65. The molecule has 0 heterocycles. The lowest BCUT2D eigenvalue weighted by Crippen LogP contribution is -2.43. The summed E-state index contributed by atoms with van der Waals surface area (Å²) in [6.07, 6.45) is 2.03. The van der Waals surface area contributed by atoms with Gasteiger partial charge in [-0.3, -0.25) is 9.52 Å². The molecule has 126 valence electrons. The molecule has 7 heteroatoms. The van der Waals surface area contributed by atoms with Crippen LogP contribution in [0, 0.1) is 16.7 Å². The minimum absolute atomic E-state index is 0.0707. The average Bonchev–Trinajstić information content (AvgIpc) is 2.76. The van der Waals surface area contributed by atoms with Crippen LogP contribution in [0.5, 0.6) is 0 Å². The zero-order valence-electron chi connectivity index (χ0n) is 13.0. The van der Waals surface area contributed by atoms with Crippen molar-refractivity contribution in [1.82, 2.24) is 0 Å². The minimum atomic E-state index is -3.72. The van der Waals surface area contributed by atoms with Crippen molar-refractivity contribution in [3.63, 3.8) is 0 Å². The van der Waals surface area contributed by atoms with E-state index in [1.54, 1.807) is 6.07 Å². The number of benzene rings is 1.